The Bertz CT molecular complexity index is 149. The first-order chi connectivity index (χ1) is 6.43. The predicted molar refractivity (Wildman–Crippen MR) is 52.4 cm³/mol. The minimum absolute atomic E-state index is 0.400. The molecule has 0 aromatic carbocycles. The number of halogens is 1. The van der Waals surface area contributed by atoms with Crippen molar-refractivity contribution in [1.82, 2.24) is 4.90 Å². The summed E-state index contributed by atoms with van der Waals surface area (Å²) >= 11 is 5.37. The quantitative estimate of drug-likeness (QED) is 0.285. The van der Waals surface area contributed by atoms with Gasteiger partial charge in [-0.2, -0.15) is 0 Å². The van der Waals surface area contributed by atoms with E-state index < -0.39 is 0 Å². The Kier molecular flexibility index (Phi) is 5.89. The fourth-order valence-corrected chi connectivity index (χ4v) is 1.18. The van der Waals surface area contributed by atoms with E-state index in [1.54, 1.807) is 6.21 Å². The van der Waals surface area contributed by atoms with Crippen LogP contribution in [0.4, 0.5) is 0 Å². The van der Waals surface area contributed by atoms with Crippen molar-refractivity contribution in [3.05, 3.63) is 0 Å². The van der Waals surface area contributed by atoms with Crippen LogP contribution in [0.3, 0.4) is 0 Å². The predicted octanol–water partition coefficient (Wildman–Crippen LogP) is 0.560. The van der Waals surface area contributed by atoms with E-state index in [0.29, 0.717) is 12.5 Å². The molecule has 5 heteroatoms. The summed E-state index contributed by atoms with van der Waals surface area (Å²) in [6, 6.07) is 0. The summed E-state index contributed by atoms with van der Waals surface area (Å²) in [7, 11) is 0. The average Bonchev–Trinajstić information content (AvgIpc) is 2.19. The molecule has 1 aliphatic rings. The van der Waals surface area contributed by atoms with Crippen LogP contribution in [-0.4, -0.2) is 56.4 Å². The Morgan fingerprint density at radius 2 is 2.23 bits per heavy atom. The molecule has 1 aliphatic heterocycles. The highest BCUT2D eigenvalue weighted by atomic mass is 35.5. The second-order valence-electron chi connectivity index (χ2n) is 2.73. The van der Waals surface area contributed by atoms with Gasteiger partial charge in [-0.3, -0.25) is 4.90 Å². The van der Waals surface area contributed by atoms with Crippen LogP contribution in [0, 0.1) is 0 Å². The molecule has 0 saturated carbocycles. The third-order valence-electron chi connectivity index (χ3n) is 1.82. The number of ether oxygens (including phenoxy) is 1. The van der Waals surface area contributed by atoms with Crippen molar-refractivity contribution in [3.8, 4) is 0 Å². The molecule has 0 atom stereocenters. The third kappa shape index (κ3) is 5.08. The Morgan fingerprint density at radius 1 is 1.46 bits per heavy atom. The molecule has 0 bridgehead atoms. The highest BCUT2D eigenvalue weighted by molar-refractivity contribution is 6.24. The van der Waals surface area contributed by atoms with Gasteiger partial charge in [-0.25, -0.2) is 0 Å². The van der Waals surface area contributed by atoms with Crippen molar-refractivity contribution in [2.24, 2.45) is 5.16 Å². The van der Waals surface area contributed by atoms with E-state index in [-0.39, 0.29) is 0 Å². The van der Waals surface area contributed by atoms with Crippen molar-refractivity contribution in [2.75, 3.05) is 45.3 Å². The van der Waals surface area contributed by atoms with Crippen LogP contribution in [0.2, 0.25) is 0 Å². The Balaban J connectivity index is 1.95. The summed E-state index contributed by atoms with van der Waals surface area (Å²) in [5, 5.41) is 3.66. The normalized spacial score (nSPS) is 19.5. The SMILES string of the molecule is ClCC=NOCCN1CCOCC1. The molecule has 0 radical (unpaired) electrons. The Labute approximate surface area is 83.4 Å². The van der Waals surface area contributed by atoms with E-state index in [9.17, 15) is 0 Å². The van der Waals surface area contributed by atoms with Crippen LogP contribution in [-0.2, 0) is 9.57 Å². The fraction of sp³-hybridized carbons (Fsp3) is 0.875. The zero-order valence-corrected chi connectivity index (χ0v) is 8.37. The third-order valence-corrected chi connectivity index (χ3v) is 1.96. The van der Waals surface area contributed by atoms with Crippen LogP contribution < -0.4 is 0 Å². The lowest BCUT2D eigenvalue weighted by molar-refractivity contribution is 0.0213. The first-order valence-corrected chi connectivity index (χ1v) is 4.97. The molecule has 1 heterocycles. The van der Waals surface area contributed by atoms with Gasteiger partial charge in [0, 0.05) is 19.6 Å². The molecule has 0 spiro atoms. The highest BCUT2D eigenvalue weighted by Gasteiger charge is 2.08. The van der Waals surface area contributed by atoms with E-state index in [0.717, 1.165) is 32.8 Å². The Hall–Kier alpha value is -0.320. The molecule has 0 aromatic rings. The van der Waals surface area contributed by atoms with E-state index in [1.165, 1.54) is 0 Å². The molecule has 0 unspecified atom stereocenters. The zero-order valence-electron chi connectivity index (χ0n) is 7.62. The molecule has 1 saturated heterocycles. The summed E-state index contributed by atoms with van der Waals surface area (Å²) in [4.78, 5) is 7.27. The molecular formula is C8H15ClN2O2. The summed E-state index contributed by atoms with van der Waals surface area (Å²) in [5.74, 6) is 0.400. The Morgan fingerprint density at radius 3 is 2.92 bits per heavy atom. The second-order valence-corrected chi connectivity index (χ2v) is 3.04. The lowest BCUT2D eigenvalue weighted by Crippen LogP contribution is -2.38. The summed E-state index contributed by atoms with van der Waals surface area (Å²) in [5.41, 5.74) is 0. The van der Waals surface area contributed by atoms with Crippen LogP contribution in [0.1, 0.15) is 0 Å². The van der Waals surface area contributed by atoms with Gasteiger partial charge in [-0.1, -0.05) is 5.16 Å². The first-order valence-electron chi connectivity index (χ1n) is 4.43. The van der Waals surface area contributed by atoms with Crippen LogP contribution in [0.5, 0.6) is 0 Å². The maximum Gasteiger partial charge on any atom is 0.129 e. The van der Waals surface area contributed by atoms with Gasteiger partial charge in [0.15, 0.2) is 0 Å². The molecular weight excluding hydrogens is 192 g/mol. The number of morpholine rings is 1. The molecule has 0 aliphatic carbocycles. The van der Waals surface area contributed by atoms with E-state index in [4.69, 9.17) is 21.2 Å². The molecule has 0 amide bonds. The number of alkyl halides is 1. The number of hydrogen-bond donors (Lipinski definition) is 0. The van der Waals surface area contributed by atoms with Crippen molar-refractivity contribution in [3.63, 3.8) is 0 Å². The average molecular weight is 207 g/mol. The number of hydrogen-bond acceptors (Lipinski definition) is 4. The van der Waals surface area contributed by atoms with E-state index >= 15 is 0 Å². The smallest absolute Gasteiger partial charge is 0.129 e. The van der Waals surface area contributed by atoms with Gasteiger partial charge in [-0.15, -0.1) is 11.6 Å². The first kappa shape index (κ1) is 10.8. The summed E-state index contributed by atoms with van der Waals surface area (Å²) < 4.78 is 5.22. The van der Waals surface area contributed by atoms with Gasteiger partial charge in [0.25, 0.3) is 0 Å². The largest absolute Gasteiger partial charge is 0.395 e. The lowest BCUT2D eigenvalue weighted by Gasteiger charge is -2.25. The minimum atomic E-state index is 0.400. The van der Waals surface area contributed by atoms with Gasteiger partial charge in [-0.05, 0) is 0 Å². The number of oxime groups is 1. The molecule has 1 fully saturated rings. The van der Waals surface area contributed by atoms with Crippen molar-refractivity contribution < 1.29 is 9.57 Å². The molecule has 0 N–H and O–H groups in total. The van der Waals surface area contributed by atoms with Crippen molar-refractivity contribution >= 4 is 17.8 Å². The van der Waals surface area contributed by atoms with Gasteiger partial charge >= 0.3 is 0 Å². The lowest BCUT2D eigenvalue weighted by atomic mass is 10.4. The van der Waals surface area contributed by atoms with Gasteiger partial charge < -0.3 is 9.57 Å². The molecule has 76 valence electrons. The molecule has 1 rings (SSSR count). The van der Waals surface area contributed by atoms with Gasteiger partial charge in [0.2, 0.25) is 0 Å². The van der Waals surface area contributed by atoms with Crippen molar-refractivity contribution in [2.45, 2.75) is 0 Å². The number of nitrogens with zero attached hydrogens (tertiary/aromatic N) is 2. The van der Waals surface area contributed by atoms with E-state index in [2.05, 4.69) is 10.1 Å². The standard InChI is InChI=1S/C8H15ClN2O2/c9-1-2-10-13-8-5-11-3-6-12-7-4-11/h2H,1,3-8H2. The minimum Gasteiger partial charge on any atom is -0.395 e. The molecule has 0 aromatic heterocycles. The second kappa shape index (κ2) is 7.12. The summed E-state index contributed by atoms with van der Waals surface area (Å²) in [6.07, 6.45) is 1.54. The molecule has 13 heavy (non-hydrogen) atoms. The zero-order chi connectivity index (χ0) is 9.36. The summed E-state index contributed by atoms with van der Waals surface area (Å²) in [6.45, 7) is 5.15. The van der Waals surface area contributed by atoms with Crippen LogP contribution >= 0.6 is 11.6 Å². The fourth-order valence-electron chi connectivity index (χ4n) is 1.13. The maximum atomic E-state index is 5.37. The van der Waals surface area contributed by atoms with E-state index in [1.807, 2.05) is 0 Å². The number of rotatable bonds is 5. The van der Waals surface area contributed by atoms with Gasteiger partial charge in [0.1, 0.15) is 6.61 Å². The molecule has 4 nitrogen and oxygen atoms in total. The maximum absolute atomic E-state index is 5.37. The van der Waals surface area contributed by atoms with Crippen LogP contribution in [0.15, 0.2) is 5.16 Å². The van der Waals surface area contributed by atoms with Crippen LogP contribution in [0.25, 0.3) is 0 Å². The van der Waals surface area contributed by atoms with Gasteiger partial charge in [0.05, 0.1) is 25.3 Å². The topological polar surface area (TPSA) is 34.1 Å². The monoisotopic (exact) mass is 206 g/mol. The van der Waals surface area contributed by atoms with Crippen molar-refractivity contribution in [1.29, 1.82) is 0 Å². The highest BCUT2D eigenvalue weighted by Crippen LogP contribution is 1.95.